The molecule has 0 bridgehead atoms. The number of nitrogens with zero attached hydrogens (tertiary/aromatic N) is 2. The zero-order chi connectivity index (χ0) is 27.7. The minimum atomic E-state index is -0.586. The normalized spacial score (nSPS) is 23.5. The Bertz CT molecular complexity index is 1400. The van der Waals surface area contributed by atoms with Gasteiger partial charge in [0.05, 0.1) is 31.3 Å². The van der Waals surface area contributed by atoms with Crippen LogP contribution < -0.4 is 10.1 Å². The summed E-state index contributed by atoms with van der Waals surface area (Å²) in [7, 11) is 0. The van der Waals surface area contributed by atoms with Gasteiger partial charge in [0, 0.05) is 34.8 Å². The van der Waals surface area contributed by atoms with Gasteiger partial charge >= 0.3 is 6.09 Å². The third-order valence-electron chi connectivity index (χ3n) is 7.93. The Labute approximate surface area is 227 Å². The van der Waals surface area contributed by atoms with Crippen molar-refractivity contribution in [1.29, 1.82) is 0 Å². The molecule has 8 nitrogen and oxygen atoms in total. The molecule has 3 heterocycles. The van der Waals surface area contributed by atoms with Crippen LogP contribution >= 0.6 is 0 Å². The van der Waals surface area contributed by atoms with E-state index in [4.69, 9.17) is 15.9 Å². The number of aliphatic hydroxyl groups excluding tert-OH is 1. The van der Waals surface area contributed by atoms with E-state index >= 15 is 0 Å². The molecule has 0 spiro atoms. The molecule has 2 unspecified atom stereocenters. The summed E-state index contributed by atoms with van der Waals surface area (Å²) in [6.07, 6.45) is 14.2. The molecular weight excluding hydrogens is 501 g/mol. The Morgan fingerprint density at radius 3 is 2.87 bits per heavy atom. The second-order valence-corrected chi connectivity index (χ2v) is 10.7. The Balaban J connectivity index is 1.51. The second kappa shape index (κ2) is 10.8. The summed E-state index contributed by atoms with van der Waals surface area (Å²) in [5.41, 5.74) is 2.63. The molecule has 206 valence electrons. The largest absolute Gasteiger partial charge is 0.484 e. The zero-order valence-corrected chi connectivity index (χ0v) is 22.3. The van der Waals surface area contributed by atoms with Crippen LogP contribution in [0.2, 0.25) is 0 Å². The van der Waals surface area contributed by atoms with E-state index in [1.54, 1.807) is 4.90 Å². The van der Waals surface area contributed by atoms with Crippen molar-refractivity contribution in [3.8, 4) is 18.1 Å². The molecule has 3 atom stereocenters. The SMILES string of the molecule is C#CC(=O)N1CCc2c(n3c4c(cc(F)cc24)OC(CO)C3)[C@@H]1C1(C)C=CC(NC(=O)OCCCCC)=CC1. The Morgan fingerprint density at radius 1 is 1.36 bits per heavy atom. The number of nitrogens with one attached hydrogen (secondary N) is 1. The van der Waals surface area contributed by atoms with Crippen LogP contribution in [0.15, 0.2) is 36.1 Å². The van der Waals surface area contributed by atoms with Gasteiger partial charge in [0.2, 0.25) is 0 Å². The smallest absolute Gasteiger partial charge is 0.411 e. The lowest BCUT2D eigenvalue weighted by Gasteiger charge is -2.46. The molecule has 2 N–H and O–H groups in total. The van der Waals surface area contributed by atoms with Crippen LogP contribution in [0.25, 0.3) is 10.9 Å². The van der Waals surface area contributed by atoms with E-state index < -0.39 is 35.4 Å². The van der Waals surface area contributed by atoms with E-state index in [0.717, 1.165) is 41.4 Å². The van der Waals surface area contributed by atoms with Crippen LogP contribution in [0, 0.1) is 23.6 Å². The van der Waals surface area contributed by atoms with Crippen LogP contribution in [0.4, 0.5) is 9.18 Å². The van der Waals surface area contributed by atoms with Crippen molar-refractivity contribution >= 4 is 22.9 Å². The fraction of sp³-hybridized carbons (Fsp3) is 0.467. The lowest BCUT2D eigenvalue weighted by molar-refractivity contribution is -0.130. The molecule has 1 aromatic heterocycles. The van der Waals surface area contributed by atoms with Gasteiger partial charge in [-0.3, -0.25) is 10.1 Å². The highest BCUT2D eigenvalue weighted by molar-refractivity contribution is 5.95. The molecule has 2 amide bonds. The molecule has 0 saturated heterocycles. The summed E-state index contributed by atoms with van der Waals surface area (Å²) in [5.74, 6) is 1.83. The first-order chi connectivity index (χ1) is 18.8. The summed E-state index contributed by atoms with van der Waals surface area (Å²) in [6.45, 7) is 5.02. The van der Waals surface area contributed by atoms with Crippen molar-refractivity contribution in [2.75, 3.05) is 19.8 Å². The number of terminal acetylenes is 1. The number of carbonyl (C=O) groups is 2. The fourth-order valence-electron chi connectivity index (χ4n) is 6.07. The molecule has 39 heavy (non-hydrogen) atoms. The number of hydrogen-bond donors (Lipinski definition) is 2. The number of aliphatic hydroxyl groups is 1. The van der Waals surface area contributed by atoms with Crippen LogP contribution in [-0.4, -0.2) is 52.4 Å². The number of amides is 2. The van der Waals surface area contributed by atoms with Crippen molar-refractivity contribution in [3.63, 3.8) is 0 Å². The predicted molar refractivity (Wildman–Crippen MR) is 144 cm³/mol. The third kappa shape index (κ3) is 4.89. The van der Waals surface area contributed by atoms with Gasteiger partial charge in [0.1, 0.15) is 17.7 Å². The second-order valence-electron chi connectivity index (χ2n) is 10.7. The minimum absolute atomic E-state index is 0.231. The van der Waals surface area contributed by atoms with E-state index in [-0.39, 0.29) is 6.61 Å². The van der Waals surface area contributed by atoms with Gasteiger partial charge in [-0.1, -0.05) is 38.8 Å². The standard InChI is InChI=1S/C30H34FN3O5/c1-4-6-7-14-38-29(37)32-20-8-11-30(3,12-9-20)28-27-22(10-13-33(28)25(36)5-2)23-15-19(31)16-24-26(23)34(27)17-21(18-35)39-24/h2,8-9,11,15-16,21,28,35H,4,6-7,10,12-14,17-18H2,1,3H3,(H,32,37)/t21?,28-,30?/m1/s1. The first kappa shape index (κ1) is 26.8. The third-order valence-corrected chi connectivity index (χ3v) is 7.93. The van der Waals surface area contributed by atoms with Gasteiger partial charge in [-0.25, -0.2) is 9.18 Å². The van der Waals surface area contributed by atoms with Gasteiger partial charge in [-0.05, 0) is 42.9 Å². The van der Waals surface area contributed by atoms with Gasteiger partial charge < -0.3 is 24.0 Å². The number of fused-ring (bicyclic) bond motifs is 3. The van der Waals surface area contributed by atoms with E-state index in [0.29, 0.717) is 44.0 Å². The summed E-state index contributed by atoms with van der Waals surface area (Å²) in [4.78, 5) is 27.0. The average Bonchev–Trinajstić information content (AvgIpc) is 3.25. The van der Waals surface area contributed by atoms with Gasteiger partial charge in [-0.15, -0.1) is 6.42 Å². The van der Waals surface area contributed by atoms with E-state index in [1.165, 1.54) is 12.1 Å². The van der Waals surface area contributed by atoms with Crippen LogP contribution in [0.1, 0.15) is 56.8 Å². The highest BCUT2D eigenvalue weighted by atomic mass is 19.1. The van der Waals surface area contributed by atoms with Crippen molar-refractivity contribution < 1.29 is 28.6 Å². The molecule has 0 saturated carbocycles. The lowest BCUT2D eigenvalue weighted by atomic mass is 9.72. The summed E-state index contributed by atoms with van der Waals surface area (Å²) in [6, 6.07) is 2.40. The predicted octanol–water partition coefficient (Wildman–Crippen LogP) is 4.36. The van der Waals surface area contributed by atoms with Gasteiger partial charge in [-0.2, -0.15) is 0 Å². The molecular formula is C30H34FN3O5. The summed E-state index contributed by atoms with van der Waals surface area (Å²) < 4.78 is 27.9. The molecule has 1 aliphatic carbocycles. The Hall–Kier alpha value is -3.77. The van der Waals surface area contributed by atoms with E-state index in [9.17, 15) is 19.1 Å². The number of hydrogen-bond acceptors (Lipinski definition) is 5. The van der Waals surface area contributed by atoms with Crippen molar-refractivity contribution in [1.82, 2.24) is 14.8 Å². The fourth-order valence-corrected chi connectivity index (χ4v) is 6.07. The van der Waals surface area contributed by atoms with E-state index in [2.05, 4.69) is 22.7 Å². The quantitative estimate of drug-likeness (QED) is 0.406. The number of carbonyl (C=O) groups excluding carboxylic acids is 2. The number of alkyl carbamates (subject to hydrolysis) is 1. The molecule has 2 aromatic rings. The van der Waals surface area contributed by atoms with Crippen LogP contribution in [0.3, 0.4) is 0 Å². The zero-order valence-electron chi connectivity index (χ0n) is 22.3. The summed E-state index contributed by atoms with van der Waals surface area (Å²) >= 11 is 0. The number of unbranched alkanes of at least 4 members (excludes halogenated alkanes) is 2. The maximum absolute atomic E-state index is 14.7. The van der Waals surface area contributed by atoms with Gasteiger partial charge in [0.25, 0.3) is 5.91 Å². The van der Waals surface area contributed by atoms with Crippen molar-refractivity contribution in [2.24, 2.45) is 5.41 Å². The lowest BCUT2D eigenvalue weighted by Crippen LogP contribution is -2.47. The Kier molecular flexibility index (Phi) is 7.41. The van der Waals surface area contributed by atoms with Crippen molar-refractivity contribution in [2.45, 2.75) is 64.6 Å². The first-order valence-electron chi connectivity index (χ1n) is 13.5. The average molecular weight is 536 g/mol. The number of benzene rings is 1. The van der Waals surface area contributed by atoms with Gasteiger partial charge in [0.15, 0.2) is 0 Å². The molecule has 5 rings (SSSR count). The topological polar surface area (TPSA) is 93.0 Å². The van der Waals surface area contributed by atoms with Crippen LogP contribution in [-0.2, 0) is 22.5 Å². The molecule has 2 aliphatic heterocycles. The molecule has 3 aliphatic rings. The minimum Gasteiger partial charge on any atom is -0.484 e. The number of ether oxygens (including phenoxy) is 2. The maximum Gasteiger partial charge on any atom is 0.411 e. The van der Waals surface area contributed by atoms with Crippen LogP contribution in [0.5, 0.6) is 5.75 Å². The number of aromatic nitrogens is 1. The molecule has 0 fully saturated rings. The number of allylic oxidation sites excluding steroid dienone is 2. The maximum atomic E-state index is 14.7. The van der Waals surface area contributed by atoms with E-state index in [1.807, 2.05) is 25.2 Å². The number of halogens is 1. The number of rotatable bonds is 7. The molecule has 0 radical (unpaired) electrons. The first-order valence-corrected chi connectivity index (χ1v) is 13.5. The molecule has 1 aromatic carbocycles. The highest BCUT2D eigenvalue weighted by Crippen LogP contribution is 2.51. The monoisotopic (exact) mass is 535 g/mol. The summed E-state index contributed by atoms with van der Waals surface area (Å²) in [5, 5.41) is 13.5. The Morgan fingerprint density at radius 2 is 2.18 bits per heavy atom. The van der Waals surface area contributed by atoms with Crippen molar-refractivity contribution in [3.05, 3.63) is 53.1 Å². The highest BCUT2D eigenvalue weighted by Gasteiger charge is 2.46. The molecule has 9 heteroatoms.